The highest BCUT2D eigenvalue weighted by molar-refractivity contribution is 7.17. The highest BCUT2D eigenvalue weighted by Gasteiger charge is 2.28. The van der Waals surface area contributed by atoms with Crippen molar-refractivity contribution in [2.45, 2.75) is 38.2 Å². The number of amides is 2. The summed E-state index contributed by atoms with van der Waals surface area (Å²) in [4.78, 5) is 31.2. The van der Waals surface area contributed by atoms with Gasteiger partial charge in [0.15, 0.2) is 6.61 Å². The Balaban J connectivity index is 1.52. The molecule has 31 heavy (non-hydrogen) atoms. The Morgan fingerprint density at radius 1 is 1.00 bits per heavy atom. The third-order valence-electron chi connectivity index (χ3n) is 6.07. The molecule has 4 rings (SSSR count). The molecule has 1 aromatic carbocycles. The first-order valence-corrected chi connectivity index (χ1v) is 11.9. The van der Waals surface area contributed by atoms with E-state index in [0.717, 1.165) is 49.2 Å². The third-order valence-corrected chi connectivity index (χ3v) is 7.23. The number of carbonyl (C=O) groups is 2. The predicted molar refractivity (Wildman–Crippen MR) is 122 cm³/mol. The Morgan fingerprint density at radius 3 is 2.39 bits per heavy atom. The predicted octanol–water partition coefficient (Wildman–Crippen LogP) is 4.06. The summed E-state index contributed by atoms with van der Waals surface area (Å²) >= 11 is 1.44. The summed E-state index contributed by atoms with van der Waals surface area (Å²) in [6.45, 7) is 2.89. The lowest BCUT2D eigenvalue weighted by atomic mass is 10.1. The molecule has 0 saturated carbocycles. The maximum atomic E-state index is 13.3. The van der Waals surface area contributed by atoms with Crippen molar-refractivity contribution >= 4 is 23.2 Å². The number of methoxy groups -OCH3 is 1. The smallest absolute Gasteiger partial charge is 0.267 e. The second-order valence-corrected chi connectivity index (χ2v) is 9.18. The fourth-order valence-corrected chi connectivity index (χ4v) is 5.26. The molecular weight excluding hydrogens is 412 g/mol. The van der Waals surface area contributed by atoms with E-state index in [-0.39, 0.29) is 24.5 Å². The molecule has 0 spiro atoms. The van der Waals surface area contributed by atoms with Crippen molar-refractivity contribution in [2.75, 3.05) is 39.9 Å². The second kappa shape index (κ2) is 10.3. The summed E-state index contributed by atoms with van der Waals surface area (Å²) in [5.74, 6) is 0.474. The minimum Gasteiger partial charge on any atom is -0.482 e. The van der Waals surface area contributed by atoms with Gasteiger partial charge in [-0.15, -0.1) is 11.3 Å². The Bertz CT molecular complexity index is 884. The first-order chi connectivity index (χ1) is 15.2. The lowest BCUT2D eigenvalue weighted by molar-refractivity contribution is -0.134. The molecule has 2 aliphatic heterocycles. The molecule has 2 aliphatic rings. The Labute approximate surface area is 187 Å². The van der Waals surface area contributed by atoms with Gasteiger partial charge in [-0.2, -0.15) is 0 Å². The molecule has 2 aromatic rings. The fraction of sp³-hybridized carbons (Fsp3) is 0.500. The van der Waals surface area contributed by atoms with Crippen LogP contribution in [0.3, 0.4) is 0 Å². The van der Waals surface area contributed by atoms with Gasteiger partial charge in [0, 0.05) is 38.2 Å². The van der Waals surface area contributed by atoms with E-state index in [9.17, 15) is 9.59 Å². The number of likely N-dealkylation sites (tertiary alicyclic amines) is 2. The van der Waals surface area contributed by atoms with Gasteiger partial charge in [-0.05, 0) is 43.7 Å². The van der Waals surface area contributed by atoms with E-state index >= 15 is 0 Å². The summed E-state index contributed by atoms with van der Waals surface area (Å²) in [5, 5.41) is 0. The Kier molecular flexibility index (Phi) is 7.25. The Hall–Kier alpha value is -2.38. The molecule has 0 bridgehead atoms. The van der Waals surface area contributed by atoms with Gasteiger partial charge in [-0.1, -0.05) is 30.3 Å². The van der Waals surface area contributed by atoms with Crippen LogP contribution in [-0.2, 0) is 9.53 Å². The maximum absolute atomic E-state index is 13.3. The van der Waals surface area contributed by atoms with E-state index in [2.05, 4.69) is 0 Å². The number of piperidine rings is 2. The Morgan fingerprint density at radius 2 is 1.71 bits per heavy atom. The number of thiophene rings is 1. The molecule has 2 saturated heterocycles. The van der Waals surface area contributed by atoms with Gasteiger partial charge in [0.2, 0.25) is 0 Å². The van der Waals surface area contributed by atoms with Gasteiger partial charge in [0.05, 0.1) is 6.10 Å². The van der Waals surface area contributed by atoms with E-state index in [1.165, 1.54) is 17.8 Å². The van der Waals surface area contributed by atoms with Gasteiger partial charge in [0.25, 0.3) is 11.8 Å². The number of ether oxygens (including phenoxy) is 2. The first-order valence-electron chi connectivity index (χ1n) is 11.1. The molecule has 1 aromatic heterocycles. The zero-order valence-electron chi connectivity index (χ0n) is 18.0. The van der Waals surface area contributed by atoms with Crippen molar-refractivity contribution in [3.8, 4) is 16.2 Å². The quantitative estimate of drug-likeness (QED) is 0.677. The van der Waals surface area contributed by atoms with Crippen molar-refractivity contribution in [3.05, 3.63) is 41.3 Å². The molecule has 0 atom stereocenters. The third kappa shape index (κ3) is 5.28. The van der Waals surface area contributed by atoms with Crippen molar-refractivity contribution < 1.29 is 19.1 Å². The molecule has 2 amide bonds. The van der Waals surface area contributed by atoms with E-state index < -0.39 is 0 Å². The number of rotatable bonds is 6. The summed E-state index contributed by atoms with van der Waals surface area (Å²) in [6.07, 6.45) is 5.15. The molecule has 3 heterocycles. The molecule has 0 radical (unpaired) electrons. The van der Waals surface area contributed by atoms with Crippen LogP contribution in [0.15, 0.2) is 36.4 Å². The molecular formula is C24H30N2O4S. The second-order valence-electron chi connectivity index (χ2n) is 8.13. The standard InChI is InChI=1S/C24H30N2O4S/c1-29-19-10-14-26(15-11-19)24(28)23-20(16-21(31-23)18-8-4-2-5-9-18)30-17-22(27)25-12-6-3-7-13-25/h2,4-5,8-9,16,19H,3,6-7,10-15,17H2,1H3. The van der Waals surface area contributed by atoms with E-state index in [1.807, 2.05) is 46.2 Å². The minimum atomic E-state index is -0.0308. The SMILES string of the molecule is COC1CCN(C(=O)c2sc(-c3ccccc3)cc2OCC(=O)N2CCCCC2)CC1. The fourth-order valence-electron chi connectivity index (χ4n) is 4.19. The minimum absolute atomic E-state index is 0.00790. The number of hydrogen-bond acceptors (Lipinski definition) is 5. The van der Waals surface area contributed by atoms with Crippen LogP contribution in [0.5, 0.6) is 5.75 Å². The first kappa shape index (κ1) is 21.8. The normalized spacial score (nSPS) is 17.6. The average Bonchev–Trinajstić information content (AvgIpc) is 3.27. The van der Waals surface area contributed by atoms with Gasteiger partial charge in [-0.3, -0.25) is 9.59 Å². The van der Waals surface area contributed by atoms with Gasteiger partial charge >= 0.3 is 0 Å². The highest BCUT2D eigenvalue weighted by Crippen LogP contribution is 2.37. The van der Waals surface area contributed by atoms with E-state index in [1.54, 1.807) is 7.11 Å². The molecule has 6 nitrogen and oxygen atoms in total. The van der Waals surface area contributed by atoms with Crippen molar-refractivity contribution in [2.24, 2.45) is 0 Å². The molecule has 166 valence electrons. The molecule has 0 aliphatic carbocycles. The average molecular weight is 443 g/mol. The lowest BCUT2D eigenvalue weighted by Gasteiger charge is -2.31. The molecule has 2 fully saturated rings. The molecule has 0 N–H and O–H groups in total. The summed E-state index contributed by atoms with van der Waals surface area (Å²) in [6, 6.07) is 11.9. The van der Waals surface area contributed by atoms with E-state index in [4.69, 9.17) is 9.47 Å². The van der Waals surface area contributed by atoms with Crippen molar-refractivity contribution in [1.29, 1.82) is 0 Å². The van der Waals surface area contributed by atoms with Crippen LogP contribution in [0, 0.1) is 0 Å². The lowest BCUT2D eigenvalue weighted by Crippen LogP contribution is -2.40. The zero-order valence-corrected chi connectivity index (χ0v) is 18.9. The van der Waals surface area contributed by atoms with E-state index in [0.29, 0.717) is 23.7 Å². The zero-order chi connectivity index (χ0) is 21.6. The number of nitrogens with zero attached hydrogens (tertiary/aromatic N) is 2. The van der Waals surface area contributed by atoms with Gasteiger partial charge in [0.1, 0.15) is 10.6 Å². The van der Waals surface area contributed by atoms with Crippen LogP contribution in [0.4, 0.5) is 0 Å². The molecule has 0 unspecified atom stereocenters. The number of carbonyl (C=O) groups excluding carboxylic acids is 2. The van der Waals surface area contributed by atoms with Crippen LogP contribution >= 0.6 is 11.3 Å². The van der Waals surface area contributed by atoms with Crippen LogP contribution in [0.2, 0.25) is 0 Å². The van der Waals surface area contributed by atoms with Crippen molar-refractivity contribution in [3.63, 3.8) is 0 Å². The monoisotopic (exact) mass is 442 g/mol. The topological polar surface area (TPSA) is 59.1 Å². The van der Waals surface area contributed by atoms with Gasteiger partial charge in [-0.25, -0.2) is 0 Å². The van der Waals surface area contributed by atoms with Crippen LogP contribution in [0.1, 0.15) is 41.8 Å². The van der Waals surface area contributed by atoms with Crippen LogP contribution in [0.25, 0.3) is 10.4 Å². The summed E-state index contributed by atoms with van der Waals surface area (Å²) in [5.41, 5.74) is 1.04. The van der Waals surface area contributed by atoms with Crippen molar-refractivity contribution in [1.82, 2.24) is 9.80 Å². The number of hydrogen-bond donors (Lipinski definition) is 0. The summed E-state index contributed by atoms with van der Waals surface area (Å²) in [7, 11) is 1.72. The van der Waals surface area contributed by atoms with Gasteiger partial charge < -0.3 is 19.3 Å². The highest BCUT2D eigenvalue weighted by atomic mass is 32.1. The largest absolute Gasteiger partial charge is 0.482 e. The maximum Gasteiger partial charge on any atom is 0.267 e. The van der Waals surface area contributed by atoms with Crippen LogP contribution in [-0.4, -0.2) is 67.6 Å². The summed E-state index contributed by atoms with van der Waals surface area (Å²) < 4.78 is 11.4. The number of benzene rings is 1. The molecule has 7 heteroatoms. The van der Waals surface area contributed by atoms with Crippen LogP contribution < -0.4 is 4.74 Å².